The first-order chi connectivity index (χ1) is 16.4. The van der Waals surface area contributed by atoms with Crippen molar-refractivity contribution in [2.24, 2.45) is 5.10 Å². The van der Waals surface area contributed by atoms with Crippen LogP contribution in [0.25, 0.3) is 0 Å². The van der Waals surface area contributed by atoms with Crippen molar-refractivity contribution >= 4 is 17.5 Å². The van der Waals surface area contributed by atoms with E-state index < -0.39 is 0 Å². The maximum absolute atomic E-state index is 14.5. The number of rotatable bonds is 6. The van der Waals surface area contributed by atoms with Gasteiger partial charge in [0.1, 0.15) is 18.1 Å². The van der Waals surface area contributed by atoms with Crippen LogP contribution >= 0.6 is 0 Å². The van der Waals surface area contributed by atoms with Gasteiger partial charge in [-0.2, -0.15) is 5.10 Å². The first kappa shape index (κ1) is 23.2. The standard InChI is InChI=1S/C27H26FN3O3/c1-18-8-10-19(11-9-18)25-16-24(22-6-4-5-7-23(22)28)29-31(25)26(32)17-30(2)27(33)20-12-14-21(34-3)15-13-20/h4-15,25H,16-17H2,1-3H3/t25-/m1/s1. The number of benzene rings is 3. The highest BCUT2D eigenvalue weighted by molar-refractivity contribution is 6.04. The van der Waals surface area contributed by atoms with E-state index >= 15 is 0 Å². The lowest BCUT2D eigenvalue weighted by Gasteiger charge is -2.25. The molecule has 0 saturated heterocycles. The number of hydrogen-bond donors (Lipinski definition) is 0. The Hall–Kier alpha value is -4.00. The maximum Gasteiger partial charge on any atom is 0.262 e. The zero-order valence-electron chi connectivity index (χ0n) is 19.4. The van der Waals surface area contributed by atoms with E-state index in [0.29, 0.717) is 29.0 Å². The van der Waals surface area contributed by atoms with Gasteiger partial charge in [0.25, 0.3) is 11.8 Å². The predicted octanol–water partition coefficient (Wildman–Crippen LogP) is 4.59. The number of methoxy groups -OCH3 is 1. The molecule has 1 aliphatic heterocycles. The highest BCUT2D eigenvalue weighted by Gasteiger charge is 2.34. The number of carbonyl (C=O) groups excluding carboxylic acids is 2. The van der Waals surface area contributed by atoms with Crippen molar-refractivity contribution in [2.75, 3.05) is 20.7 Å². The van der Waals surface area contributed by atoms with Gasteiger partial charge >= 0.3 is 0 Å². The van der Waals surface area contributed by atoms with Gasteiger partial charge in [0.2, 0.25) is 0 Å². The summed E-state index contributed by atoms with van der Waals surface area (Å²) in [7, 11) is 3.13. The molecule has 0 unspecified atom stereocenters. The van der Waals surface area contributed by atoms with Crippen LogP contribution < -0.4 is 4.74 Å². The van der Waals surface area contributed by atoms with Crippen LogP contribution in [0.2, 0.25) is 0 Å². The molecule has 0 aliphatic carbocycles. The van der Waals surface area contributed by atoms with Crippen molar-refractivity contribution < 1.29 is 18.7 Å². The Morgan fingerprint density at radius 2 is 1.74 bits per heavy atom. The lowest BCUT2D eigenvalue weighted by Crippen LogP contribution is -2.39. The van der Waals surface area contributed by atoms with Gasteiger partial charge in [-0.25, -0.2) is 9.40 Å². The Morgan fingerprint density at radius 1 is 1.06 bits per heavy atom. The molecule has 0 bridgehead atoms. The number of likely N-dealkylation sites (N-methyl/N-ethyl adjacent to an activating group) is 1. The van der Waals surface area contributed by atoms with Gasteiger partial charge in [-0.15, -0.1) is 0 Å². The van der Waals surface area contributed by atoms with E-state index in [2.05, 4.69) is 5.10 Å². The summed E-state index contributed by atoms with van der Waals surface area (Å²) in [5.74, 6) is -0.380. The highest BCUT2D eigenvalue weighted by atomic mass is 19.1. The van der Waals surface area contributed by atoms with Crippen LogP contribution in [0.4, 0.5) is 4.39 Å². The third-order valence-corrected chi connectivity index (χ3v) is 5.87. The molecule has 1 heterocycles. The van der Waals surface area contributed by atoms with Crippen molar-refractivity contribution in [3.8, 4) is 5.75 Å². The summed E-state index contributed by atoms with van der Waals surface area (Å²) in [5.41, 5.74) is 3.32. The van der Waals surface area contributed by atoms with Gasteiger partial charge in [-0.05, 0) is 42.8 Å². The summed E-state index contributed by atoms with van der Waals surface area (Å²) >= 11 is 0. The van der Waals surface area contributed by atoms with E-state index in [9.17, 15) is 14.0 Å². The minimum Gasteiger partial charge on any atom is -0.497 e. The third kappa shape index (κ3) is 4.83. The second-order valence-electron chi connectivity index (χ2n) is 8.29. The van der Waals surface area contributed by atoms with E-state index in [-0.39, 0.29) is 30.2 Å². The molecule has 0 radical (unpaired) electrons. The normalized spacial score (nSPS) is 15.1. The number of amides is 2. The number of halogens is 1. The van der Waals surface area contributed by atoms with E-state index in [0.717, 1.165) is 11.1 Å². The summed E-state index contributed by atoms with van der Waals surface area (Å²) in [5, 5.41) is 5.89. The number of ether oxygens (including phenoxy) is 1. The Balaban J connectivity index is 1.58. The molecule has 1 atom stereocenters. The topological polar surface area (TPSA) is 62.2 Å². The van der Waals surface area contributed by atoms with Gasteiger partial charge in [0, 0.05) is 24.6 Å². The van der Waals surface area contributed by atoms with Crippen LogP contribution in [0.15, 0.2) is 77.9 Å². The summed E-state index contributed by atoms with van der Waals surface area (Å²) in [6, 6.07) is 20.6. The second-order valence-corrected chi connectivity index (χ2v) is 8.29. The number of carbonyl (C=O) groups is 2. The first-order valence-corrected chi connectivity index (χ1v) is 11.0. The average Bonchev–Trinajstić information content (AvgIpc) is 3.29. The monoisotopic (exact) mass is 459 g/mol. The summed E-state index contributed by atoms with van der Waals surface area (Å²) in [6.45, 7) is 1.82. The molecule has 3 aromatic rings. The third-order valence-electron chi connectivity index (χ3n) is 5.87. The Morgan fingerprint density at radius 3 is 2.38 bits per heavy atom. The molecular formula is C27H26FN3O3. The fourth-order valence-corrected chi connectivity index (χ4v) is 3.95. The van der Waals surface area contributed by atoms with E-state index in [1.165, 1.54) is 16.0 Å². The van der Waals surface area contributed by atoms with Crippen molar-refractivity contribution in [1.82, 2.24) is 9.91 Å². The van der Waals surface area contributed by atoms with E-state index in [4.69, 9.17) is 4.74 Å². The molecule has 7 heteroatoms. The minimum atomic E-state index is -0.384. The van der Waals surface area contributed by atoms with Crippen LogP contribution in [0.1, 0.15) is 39.5 Å². The van der Waals surface area contributed by atoms with Gasteiger partial charge in [0.15, 0.2) is 0 Å². The van der Waals surface area contributed by atoms with E-state index in [1.54, 1.807) is 56.6 Å². The molecular weight excluding hydrogens is 433 g/mol. The summed E-state index contributed by atoms with van der Waals surface area (Å²) in [6.07, 6.45) is 0.381. The first-order valence-electron chi connectivity index (χ1n) is 11.0. The molecule has 6 nitrogen and oxygen atoms in total. The fourth-order valence-electron chi connectivity index (χ4n) is 3.95. The molecule has 0 spiro atoms. The summed E-state index contributed by atoms with van der Waals surface area (Å²) in [4.78, 5) is 27.5. The zero-order valence-corrected chi connectivity index (χ0v) is 19.4. The molecule has 0 saturated carbocycles. The molecule has 3 aromatic carbocycles. The molecule has 1 aliphatic rings. The Bertz CT molecular complexity index is 1220. The van der Waals surface area contributed by atoms with Crippen molar-refractivity contribution in [1.29, 1.82) is 0 Å². The van der Waals surface area contributed by atoms with Crippen LogP contribution in [-0.2, 0) is 4.79 Å². The van der Waals surface area contributed by atoms with Gasteiger partial charge in [0.05, 0.1) is 18.9 Å². The van der Waals surface area contributed by atoms with E-state index in [1.807, 2.05) is 31.2 Å². The smallest absolute Gasteiger partial charge is 0.262 e. The number of hydrazone groups is 1. The van der Waals surface area contributed by atoms with Crippen LogP contribution in [-0.4, -0.2) is 48.1 Å². The maximum atomic E-state index is 14.5. The predicted molar refractivity (Wildman–Crippen MR) is 128 cm³/mol. The lowest BCUT2D eigenvalue weighted by molar-refractivity contribution is -0.133. The fraction of sp³-hybridized carbons (Fsp3) is 0.222. The molecule has 2 amide bonds. The van der Waals surface area contributed by atoms with Crippen molar-refractivity contribution in [3.63, 3.8) is 0 Å². The lowest BCUT2D eigenvalue weighted by atomic mass is 9.97. The quantitative estimate of drug-likeness (QED) is 0.542. The van der Waals surface area contributed by atoms with Crippen LogP contribution in [0.5, 0.6) is 5.75 Å². The number of aryl methyl sites for hydroxylation is 1. The molecule has 34 heavy (non-hydrogen) atoms. The molecule has 174 valence electrons. The average molecular weight is 460 g/mol. The SMILES string of the molecule is COc1ccc(C(=O)N(C)CC(=O)N2N=C(c3ccccc3F)C[C@@H]2c2ccc(C)cc2)cc1. The van der Waals surface area contributed by atoms with Gasteiger partial charge < -0.3 is 9.64 Å². The summed E-state index contributed by atoms with van der Waals surface area (Å²) < 4.78 is 19.6. The highest BCUT2D eigenvalue weighted by Crippen LogP contribution is 2.33. The molecule has 4 rings (SSSR count). The van der Waals surface area contributed by atoms with Crippen molar-refractivity contribution in [3.05, 3.63) is 101 Å². The Kier molecular flexibility index (Phi) is 6.72. The largest absolute Gasteiger partial charge is 0.497 e. The van der Waals surface area contributed by atoms with Crippen LogP contribution in [0.3, 0.4) is 0 Å². The van der Waals surface area contributed by atoms with Crippen LogP contribution in [0, 0.1) is 12.7 Å². The number of hydrogen-bond acceptors (Lipinski definition) is 4. The van der Waals surface area contributed by atoms with Crippen molar-refractivity contribution in [2.45, 2.75) is 19.4 Å². The second kappa shape index (κ2) is 9.87. The Labute approximate surface area is 198 Å². The molecule has 0 N–H and O–H groups in total. The zero-order chi connectivity index (χ0) is 24.2. The van der Waals surface area contributed by atoms with Gasteiger partial charge in [-0.3, -0.25) is 9.59 Å². The minimum absolute atomic E-state index is 0.165. The molecule has 0 fully saturated rings. The molecule has 0 aromatic heterocycles. The number of nitrogens with zero attached hydrogens (tertiary/aromatic N) is 3. The van der Waals surface area contributed by atoms with Gasteiger partial charge in [-0.1, -0.05) is 48.0 Å².